The summed E-state index contributed by atoms with van der Waals surface area (Å²) < 4.78 is 38.7. The fourth-order valence-corrected chi connectivity index (χ4v) is 1.22. The van der Waals surface area contributed by atoms with Gasteiger partial charge in [-0.2, -0.15) is 13.2 Å². The lowest BCUT2D eigenvalue weighted by Crippen LogP contribution is -2.20. The Morgan fingerprint density at radius 3 is 2.68 bits per heavy atom. The quantitative estimate of drug-likeness (QED) is 0.858. The van der Waals surface area contributed by atoms with E-state index in [-0.39, 0.29) is 0 Å². The molecule has 0 aromatic carbocycles. The van der Waals surface area contributed by atoms with E-state index in [0.717, 1.165) is 10.9 Å². The van der Waals surface area contributed by atoms with Crippen LogP contribution in [-0.4, -0.2) is 26.3 Å². The standard InChI is InChI=1S/C11H11BrF3N3O/c1-3-8(12)5-4-7(2)18-6-9(16-17-18)10(19)11(13,14)15/h3-6,10,19H,1H2,2H3/b7-4+,8-5+. The highest BCUT2D eigenvalue weighted by atomic mass is 79.9. The van der Waals surface area contributed by atoms with Gasteiger partial charge in [-0.3, -0.25) is 0 Å². The number of aliphatic hydroxyl groups excluding tert-OH is 1. The van der Waals surface area contributed by atoms with Crippen LogP contribution in [0.1, 0.15) is 18.7 Å². The van der Waals surface area contributed by atoms with E-state index in [1.54, 1.807) is 25.2 Å². The summed E-state index contributed by atoms with van der Waals surface area (Å²) in [6.07, 6.45) is -1.54. The SMILES string of the molecule is C=C/C(Br)=C\C=C(/C)n1cc(C(O)C(F)(F)F)nn1. The zero-order valence-corrected chi connectivity index (χ0v) is 11.5. The zero-order valence-electron chi connectivity index (χ0n) is 9.89. The first-order valence-corrected chi connectivity index (χ1v) is 5.89. The van der Waals surface area contributed by atoms with E-state index in [1.807, 2.05) is 0 Å². The van der Waals surface area contributed by atoms with Gasteiger partial charge in [0.1, 0.15) is 5.69 Å². The van der Waals surface area contributed by atoms with Crippen LogP contribution in [0.5, 0.6) is 0 Å². The fourth-order valence-electron chi connectivity index (χ4n) is 1.09. The van der Waals surface area contributed by atoms with Crippen LogP contribution in [-0.2, 0) is 0 Å². The Bertz CT molecular complexity index is 520. The number of alkyl halides is 3. The number of halogens is 4. The maximum atomic E-state index is 12.3. The van der Waals surface area contributed by atoms with Crippen LogP contribution in [0.4, 0.5) is 13.2 Å². The molecule has 1 rings (SSSR count). The van der Waals surface area contributed by atoms with Crippen molar-refractivity contribution in [3.05, 3.63) is 41.2 Å². The van der Waals surface area contributed by atoms with Gasteiger partial charge in [0.05, 0.1) is 6.20 Å². The van der Waals surface area contributed by atoms with Crippen molar-refractivity contribution in [2.75, 3.05) is 0 Å². The fraction of sp³-hybridized carbons (Fsp3) is 0.273. The molecule has 0 spiro atoms. The van der Waals surface area contributed by atoms with E-state index in [0.29, 0.717) is 10.2 Å². The Balaban J connectivity index is 2.94. The van der Waals surface area contributed by atoms with Gasteiger partial charge in [0.15, 0.2) is 6.10 Å². The molecule has 0 aliphatic rings. The molecule has 0 bridgehead atoms. The van der Waals surface area contributed by atoms with Crippen molar-refractivity contribution >= 4 is 21.6 Å². The van der Waals surface area contributed by atoms with Crippen molar-refractivity contribution < 1.29 is 18.3 Å². The molecule has 1 aromatic heterocycles. The average molecular weight is 338 g/mol. The normalized spacial score (nSPS) is 15.5. The molecule has 1 unspecified atom stereocenters. The smallest absolute Gasteiger partial charge is 0.378 e. The highest BCUT2D eigenvalue weighted by Crippen LogP contribution is 2.31. The van der Waals surface area contributed by atoms with Crippen LogP contribution < -0.4 is 0 Å². The number of hydrogen-bond acceptors (Lipinski definition) is 3. The molecule has 104 valence electrons. The molecule has 1 atom stereocenters. The van der Waals surface area contributed by atoms with E-state index in [1.165, 1.54) is 0 Å². The van der Waals surface area contributed by atoms with E-state index in [4.69, 9.17) is 5.11 Å². The largest absolute Gasteiger partial charge is 0.420 e. The number of aromatic nitrogens is 3. The molecule has 0 fully saturated rings. The third-order valence-corrected chi connectivity index (χ3v) is 2.73. The second kappa shape index (κ2) is 6.16. The molecule has 19 heavy (non-hydrogen) atoms. The Morgan fingerprint density at radius 2 is 2.16 bits per heavy atom. The van der Waals surface area contributed by atoms with Crippen molar-refractivity contribution in [3.63, 3.8) is 0 Å². The topological polar surface area (TPSA) is 50.9 Å². The van der Waals surface area contributed by atoms with Gasteiger partial charge in [-0.05, 0) is 19.1 Å². The third-order valence-electron chi connectivity index (χ3n) is 2.14. The molecule has 1 N–H and O–H groups in total. The minimum atomic E-state index is -4.76. The number of allylic oxidation sites excluding steroid dienone is 5. The number of rotatable bonds is 4. The summed E-state index contributed by atoms with van der Waals surface area (Å²) in [6.45, 7) is 5.17. The molecule has 4 nitrogen and oxygen atoms in total. The Kier molecular flexibility index (Phi) is 5.07. The molecule has 0 amide bonds. The molecule has 0 aliphatic carbocycles. The van der Waals surface area contributed by atoms with Gasteiger partial charge in [0.2, 0.25) is 0 Å². The Labute approximate surface area is 116 Å². The first-order chi connectivity index (χ1) is 8.75. The monoisotopic (exact) mass is 337 g/mol. The molecular weight excluding hydrogens is 327 g/mol. The predicted molar refractivity (Wildman–Crippen MR) is 68.2 cm³/mol. The number of aliphatic hydroxyl groups is 1. The van der Waals surface area contributed by atoms with Crippen molar-refractivity contribution in [2.24, 2.45) is 0 Å². The molecular formula is C11H11BrF3N3O. The minimum absolute atomic E-state index is 0.534. The van der Waals surface area contributed by atoms with E-state index in [2.05, 4.69) is 32.8 Å². The summed E-state index contributed by atoms with van der Waals surface area (Å²) >= 11 is 3.20. The zero-order chi connectivity index (χ0) is 14.6. The maximum absolute atomic E-state index is 12.3. The first kappa shape index (κ1) is 15.6. The Hall–Kier alpha value is -1.41. The van der Waals surface area contributed by atoms with Crippen LogP contribution in [0.15, 0.2) is 35.5 Å². The van der Waals surface area contributed by atoms with Crippen molar-refractivity contribution in [2.45, 2.75) is 19.2 Å². The van der Waals surface area contributed by atoms with Crippen LogP contribution in [0.2, 0.25) is 0 Å². The highest BCUT2D eigenvalue weighted by molar-refractivity contribution is 9.11. The summed E-state index contributed by atoms with van der Waals surface area (Å²) in [4.78, 5) is 0. The molecule has 0 radical (unpaired) electrons. The molecule has 1 heterocycles. The Morgan fingerprint density at radius 1 is 1.53 bits per heavy atom. The van der Waals surface area contributed by atoms with Gasteiger partial charge >= 0.3 is 6.18 Å². The van der Waals surface area contributed by atoms with E-state index in [9.17, 15) is 13.2 Å². The summed E-state index contributed by atoms with van der Waals surface area (Å²) in [6, 6.07) is 0. The van der Waals surface area contributed by atoms with Gasteiger partial charge in [-0.25, -0.2) is 4.68 Å². The summed E-state index contributed by atoms with van der Waals surface area (Å²) in [5, 5.41) is 15.8. The van der Waals surface area contributed by atoms with Gasteiger partial charge in [-0.1, -0.05) is 33.8 Å². The van der Waals surface area contributed by atoms with E-state index < -0.39 is 18.0 Å². The lowest BCUT2D eigenvalue weighted by molar-refractivity contribution is -0.208. The molecule has 1 aromatic rings. The lowest BCUT2D eigenvalue weighted by atomic mass is 10.2. The second-order valence-corrected chi connectivity index (χ2v) is 4.51. The van der Waals surface area contributed by atoms with E-state index >= 15 is 0 Å². The minimum Gasteiger partial charge on any atom is -0.378 e. The average Bonchev–Trinajstić information content (AvgIpc) is 2.82. The summed E-state index contributed by atoms with van der Waals surface area (Å²) in [5.74, 6) is 0. The lowest BCUT2D eigenvalue weighted by Gasteiger charge is -2.10. The summed E-state index contributed by atoms with van der Waals surface area (Å²) in [5.41, 5.74) is -0.0149. The third kappa shape index (κ3) is 4.32. The van der Waals surface area contributed by atoms with Crippen molar-refractivity contribution in [1.82, 2.24) is 15.0 Å². The van der Waals surface area contributed by atoms with Crippen LogP contribution >= 0.6 is 15.9 Å². The molecule has 0 saturated carbocycles. The van der Waals surface area contributed by atoms with Crippen LogP contribution in [0, 0.1) is 0 Å². The molecule has 0 saturated heterocycles. The predicted octanol–water partition coefficient (Wildman–Crippen LogP) is 3.20. The summed E-state index contributed by atoms with van der Waals surface area (Å²) in [7, 11) is 0. The van der Waals surface area contributed by atoms with Crippen LogP contribution in [0.3, 0.4) is 0 Å². The van der Waals surface area contributed by atoms with Crippen LogP contribution in [0.25, 0.3) is 5.70 Å². The second-order valence-electron chi connectivity index (χ2n) is 3.60. The van der Waals surface area contributed by atoms with Gasteiger partial charge in [0.25, 0.3) is 0 Å². The number of nitrogens with zero attached hydrogens (tertiary/aromatic N) is 3. The van der Waals surface area contributed by atoms with Crippen molar-refractivity contribution in [1.29, 1.82) is 0 Å². The molecule has 0 aliphatic heterocycles. The van der Waals surface area contributed by atoms with Crippen molar-refractivity contribution in [3.8, 4) is 0 Å². The van der Waals surface area contributed by atoms with Gasteiger partial charge < -0.3 is 5.11 Å². The van der Waals surface area contributed by atoms with Gasteiger partial charge in [-0.15, -0.1) is 5.10 Å². The molecule has 8 heteroatoms. The highest BCUT2D eigenvalue weighted by Gasteiger charge is 2.41. The number of hydrogen-bond donors (Lipinski definition) is 1. The van der Waals surface area contributed by atoms with Gasteiger partial charge in [0, 0.05) is 10.2 Å². The maximum Gasteiger partial charge on any atom is 0.420 e. The first-order valence-electron chi connectivity index (χ1n) is 5.09.